The molecule has 0 radical (unpaired) electrons. The van der Waals surface area contributed by atoms with Gasteiger partial charge in [0, 0.05) is 18.0 Å². The van der Waals surface area contributed by atoms with Crippen LogP contribution in [0.15, 0.2) is 24.3 Å². The molecule has 0 unspecified atom stereocenters. The van der Waals surface area contributed by atoms with Crippen LogP contribution in [0.1, 0.15) is 31.7 Å². The molecule has 0 aromatic heterocycles. The van der Waals surface area contributed by atoms with Gasteiger partial charge in [0.15, 0.2) is 0 Å². The van der Waals surface area contributed by atoms with Crippen LogP contribution in [0.4, 0.5) is 0 Å². The first kappa shape index (κ1) is 13.4. The fourth-order valence-electron chi connectivity index (χ4n) is 2.49. The molecule has 2 rings (SSSR count). The van der Waals surface area contributed by atoms with Crippen molar-refractivity contribution < 1.29 is 0 Å². The van der Waals surface area contributed by atoms with Gasteiger partial charge in [0.1, 0.15) is 0 Å². The zero-order valence-electron chi connectivity index (χ0n) is 10.8. The summed E-state index contributed by atoms with van der Waals surface area (Å²) in [5.74, 6) is 0. The molecule has 0 amide bonds. The van der Waals surface area contributed by atoms with Crippen LogP contribution in [0.25, 0.3) is 0 Å². The topological polar surface area (TPSA) is 27.0 Å². The number of nitriles is 1. The monoisotopic (exact) mass is 262 g/mol. The quantitative estimate of drug-likeness (QED) is 0.827. The minimum absolute atomic E-state index is 0.214. The highest BCUT2D eigenvalue weighted by atomic mass is 35.5. The lowest BCUT2D eigenvalue weighted by Gasteiger charge is -2.38. The molecule has 18 heavy (non-hydrogen) atoms. The maximum atomic E-state index is 8.84. The number of hydrogen-bond acceptors (Lipinski definition) is 2. The van der Waals surface area contributed by atoms with E-state index in [1.807, 2.05) is 18.2 Å². The Balaban J connectivity index is 1.92. The van der Waals surface area contributed by atoms with E-state index in [1.54, 1.807) is 0 Å². The molecule has 0 aliphatic carbocycles. The Morgan fingerprint density at radius 3 is 2.61 bits per heavy atom. The van der Waals surface area contributed by atoms with Crippen LogP contribution >= 0.6 is 11.6 Å². The molecule has 0 atom stereocenters. The minimum atomic E-state index is 0.214. The van der Waals surface area contributed by atoms with E-state index in [1.165, 1.54) is 5.56 Å². The number of piperidine rings is 1. The molecule has 0 N–H and O–H groups in total. The van der Waals surface area contributed by atoms with Gasteiger partial charge in [0.2, 0.25) is 0 Å². The van der Waals surface area contributed by atoms with E-state index >= 15 is 0 Å². The van der Waals surface area contributed by atoms with Crippen molar-refractivity contribution in [1.82, 2.24) is 4.90 Å². The smallest absolute Gasteiger partial charge is 0.0627 e. The van der Waals surface area contributed by atoms with E-state index in [0.29, 0.717) is 6.42 Å². The normalized spacial score (nSPS) is 19.4. The maximum Gasteiger partial charge on any atom is 0.0627 e. The standard InChI is InChI=1S/C15H19ClN2/c1-15(6-9-17)7-10-18(11-8-15)12-13-4-2-3-5-14(13)16/h2-5H,6-8,10-12H2,1H3. The van der Waals surface area contributed by atoms with Crippen LogP contribution in [-0.4, -0.2) is 18.0 Å². The Bertz CT molecular complexity index is 442. The molecular weight excluding hydrogens is 244 g/mol. The zero-order valence-corrected chi connectivity index (χ0v) is 11.6. The molecule has 1 saturated heterocycles. The third-order valence-corrected chi connectivity index (χ3v) is 4.29. The van der Waals surface area contributed by atoms with Gasteiger partial charge < -0.3 is 0 Å². The molecule has 1 aromatic rings. The van der Waals surface area contributed by atoms with E-state index in [9.17, 15) is 0 Å². The van der Waals surface area contributed by atoms with Gasteiger partial charge in [-0.3, -0.25) is 4.90 Å². The summed E-state index contributed by atoms with van der Waals surface area (Å²) in [5.41, 5.74) is 1.41. The fourth-order valence-corrected chi connectivity index (χ4v) is 2.68. The van der Waals surface area contributed by atoms with Gasteiger partial charge in [-0.25, -0.2) is 0 Å². The molecular formula is C15H19ClN2. The highest BCUT2D eigenvalue weighted by Gasteiger charge is 2.29. The van der Waals surface area contributed by atoms with Gasteiger partial charge in [-0.1, -0.05) is 36.7 Å². The summed E-state index contributed by atoms with van der Waals surface area (Å²) in [5, 5.41) is 9.69. The van der Waals surface area contributed by atoms with E-state index in [4.69, 9.17) is 16.9 Å². The summed E-state index contributed by atoms with van der Waals surface area (Å²) in [6.45, 7) is 5.26. The van der Waals surface area contributed by atoms with Crippen LogP contribution in [0.2, 0.25) is 5.02 Å². The first-order chi connectivity index (χ1) is 8.63. The molecule has 2 nitrogen and oxygen atoms in total. The maximum absolute atomic E-state index is 8.84. The summed E-state index contributed by atoms with van der Waals surface area (Å²) >= 11 is 6.18. The van der Waals surface area contributed by atoms with Crippen molar-refractivity contribution in [2.75, 3.05) is 13.1 Å². The molecule has 1 aromatic carbocycles. The van der Waals surface area contributed by atoms with Gasteiger partial charge in [-0.15, -0.1) is 0 Å². The first-order valence-electron chi connectivity index (χ1n) is 6.46. The van der Waals surface area contributed by atoms with Crippen LogP contribution in [-0.2, 0) is 6.54 Å². The van der Waals surface area contributed by atoms with Gasteiger partial charge in [-0.05, 0) is 43.0 Å². The lowest BCUT2D eigenvalue weighted by molar-refractivity contribution is 0.116. The van der Waals surface area contributed by atoms with Crippen molar-refractivity contribution >= 4 is 11.6 Å². The second-order valence-corrected chi connectivity index (χ2v) is 5.92. The molecule has 0 saturated carbocycles. The van der Waals surface area contributed by atoms with Gasteiger partial charge >= 0.3 is 0 Å². The minimum Gasteiger partial charge on any atom is -0.299 e. The molecule has 0 bridgehead atoms. The van der Waals surface area contributed by atoms with Crippen LogP contribution < -0.4 is 0 Å². The predicted molar refractivity (Wildman–Crippen MR) is 74.3 cm³/mol. The molecule has 3 heteroatoms. The van der Waals surface area contributed by atoms with Crippen molar-refractivity contribution in [2.24, 2.45) is 5.41 Å². The van der Waals surface area contributed by atoms with E-state index < -0.39 is 0 Å². The molecule has 1 aliphatic rings. The number of hydrogen-bond donors (Lipinski definition) is 0. The molecule has 96 valence electrons. The van der Waals surface area contributed by atoms with E-state index in [2.05, 4.69) is 24.0 Å². The van der Waals surface area contributed by atoms with Crippen molar-refractivity contribution in [3.63, 3.8) is 0 Å². The first-order valence-corrected chi connectivity index (χ1v) is 6.83. The summed E-state index contributed by atoms with van der Waals surface area (Å²) < 4.78 is 0. The second-order valence-electron chi connectivity index (χ2n) is 5.51. The van der Waals surface area contributed by atoms with E-state index in [0.717, 1.165) is 37.5 Å². The number of likely N-dealkylation sites (tertiary alicyclic amines) is 1. The summed E-state index contributed by atoms with van der Waals surface area (Å²) in [4.78, 5) is 2.43. The van der Waals surface area contributed by atoms with Crippen LogP contribution in [0, 0.1) is 16.7 Å². The van der Waals surface area contributed by atoms with E-state index in [-0.39, 0.29) is 5.41 Å². The van der Waals surface area contributed by atoms with Gasteiger partial charge in [0.05, 0.1) is 6.07 Å². The largest absolute Gasteiger partial charge is 0.299 e. The molecule has 1 fully saturated rings. The highest BCUT2D eigenvalue weighted by Crippen LogP contribution is 2.34. The molecule has 1 heterocycles. The SMILES string of the molecule is CC1(CC#N)CCN(Cc2ccccc2Cl)CC1. The summed E-state index contributed by atoms with van der Waals surface area (Å²) in [7, 11) is 0. The van der Waals surface area contributed by atoms with Crippen molar-refractivity contribution in [1.29, 1.82) is 5.26 Å². The van der Waals surface area contributed by atoms with Gasteiger partial charge in [0.25, 0.3) is 0 Å². The Hall–Kier alpha value is -1.04. The highest BCUT2D eigenvalue weighted by molar-refractivity contribution is 6.31. The lowest BCUT2D eigenvalue weighted by atomic mass is 9.78. The average molecular weight is 263 g/mol. The van der Waals surface area contributed by atoms with Crippen LogP contribution in [0.3, 0.4) is 0 Å². The number of rotatable bonds is 3. The summed E-state index contributed by atoms with van der Waals surface area (Å²) in [6, 6.07) is 10.3. The number of halogens is 1. The lowest BCUT2D eigenvalue weighted by Crippen LogP contribution is -2.38. The Morgan fingerprint density at radius 2 is 2.00 bits per heavy atom. The van der Waals surface area contributed by atoms with Crippen molar-refractivity contribution in [3.8, 4) is 6.07 Å². The van der Waals surface area contributed by atoms with Crippen molar-refractivity contribution in [3.05, 3.63) is 34.9 Å². The molecule has 0 spiro atoms. The van der Waals surface area contributed by atoms with Crippen LogP contribution in [0.5, 0.6) is 0 Å². The zero-order chi connectivity index (χ0) is 13.0. The summed E-state index contributed by atoms with van der Waals surface area (Å²) in [6.07, 6.45) is 2.88. The second kappa shape index (κ2) is 5.73. The predicted octanol–water partition coefficient (Wildman–Crippen LogP) is 3.86. The molecule has 1 aliphatic heterocycles. The Morgan fingerprint density at radius 1 is 1.33 bits per heavy atom. The number of nitrogens with zero attached hydrogens (tertiary/aromatic N) is 2. The third kappa shape index (κ3) is 3.25. The Labute approximate surface area is 114 Å². The Kier molecular flexibility index (Phi) is 4.27. The van der Waals surface area contributed by atoms with Gasteiger partial charge in [-0.2, -0.15) is 5.26 Å². The van der Waals surface area contributed by atoms with Crippen molar-refractivity contribution in [2.45, 2.75) is 32.7 Å². The average Bonchev–Trinajstić information content (AvgIpc) is 2.35. The fraction of sp³-hybridized carbons (Fsp3) is 0.533. The number of benzene rings is 1. The third-order valence-electron chi connectivity index (χ3n) is 3.92.